The lowest BCUT2D eigenvalue weighted by Crippen LogP contribution is -2.01. The number of ketones is 1. The fraction of sp³-hybridized carbons (Fsp3) is 0. The molecule has 1 heterocycles. The van der Waals surface area contributed by atoms with Crippen LogP contribution in [0.1, 0.15) is 15.9 Å². The Hall–Kier alpha value is -3.77. The predicted molar refractivity (Wildman–Crippen MR) is 98.0 cm³/mol. The van der Waals surface area contributed by atoms with Gasteiger partial charge in [-0.2, -0.15) is 10.4 Å². The largest absolute Gasteiger partial charge is 0.288 e. The molecule has 9 heteroatoms. The number of rotatable bonds is 6. The summed E-state index contributed by atoms with van der Waals surface area (Å²) in [5.74, 6) is -0.444. The smallest absolute Gasteiger partial charge is 0.283 e. The summed E-state index contributed by atoms with van der Waals surface area (Å²) in [5.41, 5.74) is 0.488. The van der Waals surface area contributed by atoms with Crippen LogP contribution < -0.4 is 0 Å². The van der Waals surface area contributed by atoms with E-state index in [1.165, 1.54) is 18.5 Å². The summed E-state index contributed by atoms with van der Waals surface area (Å²) in [4.78, 5) is 27.6. The number of hydrogen-bond acceptors (Lipinski definition) is 7. The Bertz CT molecular complexity index is 1060. The topological polar surface area (TPSA) is 126 Å². The van der Waals surface area contributed by atoms with Crippen molar-refractivity contribution in [3.8, 4) is 6.07 Å². The number of aromatic amines is 1. The zero-order chi connectivity index (χ0) is 19.2. The summed E-state index contributed by atoms with van der Waals surface area (Å²) in [6.45, 7) is 0. The number of nitro groups is 1. The zero-order valence-electron chi connectivity index (χ0n) is 13.7. The van der Waals surface area contributed by atoms with E-state index in [1.54, 1.807) is 42.5 Å². The normalized spacial score (nSPS) is 11.0. The van der Waals surface area contributed by atoms with Crippen LogP contribution in [0.2, 0.25) is 0 Å². The minimum atomic E-state index is -0.527. The summed E-state index contributed by atoms with van der Waals surface area (Å²) in [5, 5.41) is 27.5. The predicted octanol–water partition coefficient (Wildman–Crippen LogP) is 3.65. The van der Waals surface area contributed by atoms with E-state index in [0.29, 0.717) is 21.2 Å². The third-order valence-electron chi connectivity index (χ3n) is 3.49. The Morgan fingerprint density at radius 3 is 2.67 bits per heavy atom. The van der Waals surface area contributed by atoms with Gasteiger partial charge in [0.05, 0.1) is 9.82 Å². The van der Waals surface area contributed by atoms with Gasteiger partial charge in [0, 0.05) is 11.6 Å². The summed E-state index contributed by atoms with van der Waals surface area (Å²) in [6.07, 6.45) is 2.64. The van der Waals surface area contributed by atoms with Crippen LogP contribution in [0.5, 0.6) is 0 Å². The fourth-order valence-corrected chi connectivity index (χ4v) is 3.04. The van der Waals surface area contributed by atoms with Gasteiger partial charge in [-0.25, -0.2) is 4.98 Å². The molecule has 0 amide bonds. The number of nitrogens with one attached hydrogen (secondary N) is 1. The van der Waals surface area contributed by atoms with Crippen molar-refractivity contribution in [1.82, 2.24) is 15.2 Å². The Kier molecular flexibility index (Phi) is 5.39. The SMILES string of the molecule is N#C/C(=C/c1ccc(Sc2ncn[nH]2)c([N+](=O)[O-])c1)C(=O)c1ccccc1. The van der Waals surface area contributed by atoms with Gasteiger partial charge in [-0.3, -0.25) is 20.0 Å². The van der Waals surface area contributed by atoms with E-state index in [1.807, 2.05) is 6.07 Å². The number of allylic oxidation sites excluding steroid dienone is 1. The summed E-state index contributed by atoms with van der Waals surface area (Å²) in [7, 11) is 0. The lowest BCUT2D eigenvalue weighted by atomic mass is 10.0. The molecular weight excluding hydrogens is 366 g/mol. The molecule has 3 aromatic rings. The summed E-state index contributed by atoms with van der Waals surface area (Å²) in [6, 6.07) is 14.7. The van der Waals surface area contributed by atoms with Gasteiger partial charge in [0.25, 0.3) is 5.69 Å². The van der Waals surface area contributed by atoms with Crippen LogP contribution in [-0.4, -0.2) is 25.9 Å². The Morgan fingerprint density at radius 2 is 2.04 bits per heavy atom. The molecule has 0 fully saturated rings. The second kappa shape index (κ2) is 8.07. The van der Waals surface area contributed by atoms with Crippen LogP contribution >= 0.6 is 11.8 Å². The lowest BCUT2D eigenvalue weighted by molar-refractivity contribution is -0.387. The van der Waals surface area contributed by atoms with E-state index in [9.17, 15) is 20.2 Å². The van der Waals surface area contributed by atoms with Crippen molar-refractivity contribution >= 4 is 29.3 Å². The molecule has 132 valence electrons. The average molecular weight is 377 g/mol. The molecule has 0 saturated heterocycles. The molecule has 3 rings (SSSR count). The molecule has 0 aliphatic heterocycles. The van der Waals surface area contributed by atoms with Crippen molar-refractivity contribution in [2.24, 2.45) is 0 Å². The van der Waals surface area contributed by atoms with Crippen LogP contribution in [0, 0.1) is 21.4 Å². The number of carbonyl (C=O) groups excluding carboxylic acids is 1. The van der Waals surface area contributed by atoms with Crippen molar-refractivity contribution < 1.29 is 9.72 Å². The van der Waals surface area contributed by atoms with Crippen molar-refractivity contribution in [3.05, 3.63) is 81.7 Å². The minimum absolute atomic E-state index is 0.105. The molecule has 0 radical (unpaired) electrons. The highest BCUT2D eigenvalue weighted by molar-refractivity contribution is 7.99. The summed E-state index contributed by atoms with van der Waals surface area (Å²) < 4.78 is 0. The first kappa shape index (κ1) is 18.0. The first-order valence-electron chi connectivity index (χ1n) is 7.61. The molecular formula is C18H11N5O3S. The van der Waals surface area contributed by atoms with E-state index < -0.39 is 10.7 Å². The van der Waals surface area contributed by atoms with Crippen LogP contribution in [0.3, 0.4) is 0 Å². The van der Waals surface area contributed by atoms with Gasteiger partial charge in [0.2, 0.25) is 5.78 Å². The highest BCUT2D eigenvalue weighted by atomic mass is 32.2. The molecule has 0 aliphatic carbocycles. The first-order chi connectivity index (χ1) is 13.1. The van der Waals surface area contributed by atoms with Crippen molar-refractivity contribution in [3.63, 3.8) is 0 Å². The van der Waals surface area contributed by atoms with Crippen LogP contribution in [-0.2, 0) is 0 Å². The number of nitriles is 1. The number of nitro benzene ring substituents is 1. The molecule has 0 spiro atoms. The van der Waals surface area contributed by atoms with E-state index in [2.05, 4.69) is 15.2 Å². The molecule has 8 nitrogen and oxygen atoms in total. The number of H-pyrrole nitrogens is 1. The molecule has 2 aromatic carbocycles. The second-order valence-electron chi connectivity index (χ2n) is 5.24. The van der Waals surface area contributed by atoms with Gasteiger partial charge in [-0.1, -0.05) is 36.4 Å². The number of aromatic nitrogens is 3. The molecule has 0 atom stereocenters. The minimum Gasteiger partial charge on any atom is -0.288 e. The highest BCUT2D eigenvalue weighted by Crippen LogP contribution is 2.34. The lowest BCUT2D eigenvalue weighted by Gasteiger charge is -2.03. The molecule has 27 heavy (non-hydrogen) atoms. The van der Waals surface area contributed by atoms with Gasteiger partial charge < -0.3 is 0 Å². The molecule has 0 bridgehead atoms. The quantitative estimate of drug-likeness (QED) is 0.228. The maximum Gasteiger partial charge on any atom is 0.283 e. The first-order valence-corrected chi connectivity index (χ1v) is 8.43. The Morgan fingerprint density at radius 1 is 1.26 bits per heavy atom. The van der Waals surface area contributed by atoms with Crippen molar-refractivity contribution in [2.45, 2.75) is 10.1 Å². The second-order valence-corrected chi connectivity index (χ2v) is 6.27. The van der Waals surface area contributed by atoms with Crippen molar-refractivity contribution in [2.75, 3.05) is 0 Å². The van der Waals surface area contributed by atoms with E-state index in [0.717, 1.165) is 11.8 Å². The molecule has 0 saturated carbocycles. The third-order valence-corrected chi connectivity index (χ3v) is 4.45. The van der Waals surface area contributed by atoms with Crippen LogP contribution in [0.25, 0.3) is 6.08 Å². The average Bonchev–Trinajstić information content (AvgIpc) is 3.20. The van der Waals surface area contributed by atoms with E-state index >= 15 is 0 Å². The van der Waals surface area contributed by atoms with Gasteiger partial charge in [0.15, 0.2) is 5.16 Å². The van der Waals surface area contributed by atoms with E-state index in [4.69, 9.17) is 0 Å². The summed E-state index contributed by atoms with van der Waals surface area (Å²) >= 11 is 1.06. The maximum absolute atomic E-state index is 12.4. The van der Waals surface area contributed by atoms with Crippen LogP contribution in [0.4, 0.5) is 5.69 Å². The Labute approximate surface area is 157 Å². The number of nitrogens with zero attached hydrogens (tertiary/aromatic N) is 4. The molecule has 1 aromatic heterocycles. The molecule has 0 unspecified atom stereocenters. The van der Waals surface area contributed by atoms with Gasteiger partial charge in [-0.05, 0) is 29.5 Å². The molecule has 0 aliphatic rings. The number of hydrogen-bond donors (Lipinski definition) is 1. The van der Waals surface area contributed by atoms with E-state index in [-0.39, 0.29) is 11.3 Å². The van der Waals surface area contributed by atoms with Gasteiger partial charge >= 0.3 is 0 Å². The van der Waals surface area contributed by atoms with Crippen molar-refractivity contribution in [1.29, 1.82) is 5.26 Å². The van der Waals surface area contributed by atoms with Gasteiger partial charge in [-0.15, -0.1) is 0 Å². The van der Waals surface area contributed by atoms with Gasteiger partial charge in [0.1, 0.15) is 18.0 Å². The zero-order valence-corrected chi connectivity index (χ0v) is 14.5. The fourth-order valence-electron chi connectivity index (χ4n) is 2.26. The number of benzene rings is 2. The molecule has 1 N–H and O–H groups in total. The third kappa shape index (κ3) is 4.26. The standard InChI is InChI=1S/C18H11N5O3S/c19-10-14(17(24)13-4-2-1-3-5-13)8-12-6-7-16(15(9-12)23(25)26)27-18-20-11-21-22-18/h1-9,11H,(H,20,21,22)/b14-8-. The van der Waals surface area contributed by atoms with Crippen LogP contribution in [0.15, 0.2) is 70.5 Å². The maximum atomic E-state index is 12.4. The number of Topliss-reactive ketones (excluding diaryl/α,β-unsaturated/α-hetero) is 1. The Balaban J connectivity index is 1.95. The number of carbonyl (C=O) groups is 1. The monoisotopic (exact) mass is 377 g/mol. The highest BCUT2D eigenvalue weighted by Gasteiger charge is 2.18.